The quantitative estimate of drug-likeness (QED) is 0.756. The average molecular weight is 329 g/mol. The van der Waals surface area contributed by atoms with E-state index in [1.165, 1.54) is 6.42 Å². The third-order valence-corrected chi connectivity index (χ3v) is 3.38. The van der Waals surface area contributed by atoms with Gasteiger partial charge in [-0.15, -0.1) is 0 Å². The van der Waals surface area contributed by atoms with Crippen molar-refractivity contribution in [2.75, 3.05) is 6.61 Å². The summed E-state index contributed by atoms with van der Waals surface area (Å²) in [5, 5.41) is 4.52. The summed E-state index contributed by atoms with van der Waals surface area (Å²) >= 11 is 2.25. The molecule has 0 saturated carbocycles. The molecule has 0 amide bonds. The van der Waals surface area contributed by atoms with Crippen LogP contribution in [-0.4, -0.2) is 21.4 Å². The Morgan fingerprint density at radius 3 is 3.12 bits per heavy atom. The molecule has 1 aliphatic rings. The topological polar surface area (TPSA) is 39.9 Å². The summed E-state index contributed by atoms with van der Waals surface area (Å²) in [6.07, 6.45) is 7.35. The zero-order chi connectivity index (χ0) is 11.0. The second kappa shape index (κ2) is 4.29. The summed E-state index contributed by atoms with van der Waals surface area (Å²) < 4.78 is 8.72. The van der Waals surface area contributed by atoms with Crippen molar-refractivity contribution < 1.29 is 4.74 Å². The lowest BCUT2D eigenvalue weighted by molar-refractivity contribution is -0.0390. The van der Waals surface area contributed by atoms with Gasteiger partial charge in [-0.25, -0.2) is 4.68 Å². The van der Waals surface area contributed by atoms with E-state index < -0.39 is 0 Å². The average Bonchev–Trinajstić information content (AvgIpc) is 2.73. The van der Waals surface area contributed by atoms with Crippen LogP contribution in [0.5, 0.6) is 0 Å². The number of hydrogen-bond acceptors (Lipinski definition) is 3. The minimum atomic E-state index is 0.0978. The molecular weight excluding hydrogens is 317 g/mol. The summed E-state index contributed by atoms with van der Waals surface area (Å²) in [4.78, 5) is 4.35. The monoisotopic (exact) mass is 329 g/mol. The molecule has 0 bridgehead atoms. The van der Waals surface area contributed by atoms with E-state index in [-0.39, 0.29) is 6.23 Å². The zero-order valence-electron chi connectivity index (χ0n) is 8.77. The SMILES string of the molecule is Ic1cnc2cn(C3CCCCO3)nc2c1. The second-order valence-corrected chi connectivity index (χ2v) is 5.23. The number of aromatic nitrogens is 3. The first-order valence-electron chi connectivity index (χ1n) is 5.45. The van der Waals surface area contributed by atoms with Crippen LogP contribution in [0.3, 0.4) is 0 Å². The molecule has 5 heteroatoms. The van der Waals surface area contributed by atoms with Gasteiger partial charge in [-0.1, -0.05) is 0 Å². The van der Waals surface area contributed by atoms with Crippen LogP contribution in [0.1, 0.15) is 25.5 Å². The minimum absolute atomic E-state index is 0.0978. The summed E-state index contributed by atoms with van der Waals surface area (Å²) in [6, 6.07) is 2.04. The first-order valence-corrected chi connectivity index (χ1v) is 6.53. The molecule has 84 valence electrons. The van der Waals surface area contributed by atoms with Crippen molar-refractivity contribution in [3.63, 3.8) is 0 Å². The number of ether oxygens (including phenoxy) is 1. The predicted octanol–water partition coefficient (Wildman–Crippen LogP) is 2.74. The van der Waals surface area contributed by atoms with Crippen LogP contribution in [0, 0.1) is 3.57 Å². The zero-order valence-corrected chi connectivity index (χ0v) is 10.9. The van der Waals surface area contributed by atoms with E-state index in [0.717, 1.165) is 34.1 Å². The Labute approximate surface area is 107 Å². The van der Waals surface area contributed by atoms with Crippen LogP contribution in [0.2, 0.25) is 0 Å². The van der Waals surface area contributed by atoms with Gasteiger partial charge in [0, 0.05) is 16.4 Å². The fourth-order valence-corrected chi connectivity index (χ4v) is 2.41. The first-order chi connectivity index (χ1) is 7.83. The lowest BCUT2D eigenvalue weighted by Gasteiger charge is -2.22. The third-order valence-electron chi connectivity index (χ3n) is 2.79. The van der Waals surface area contributed by atoms with Gasteiger partial charge < -0.3 is 4.74 Å². The molecule has 1 saturated heterocycles. The van der Waals surface area contributed by atoms with Crippen LogP contribution >= 0.6 is 22.6 Å². The fraction of sp³-hybridized carbons (Fsp3) is 0.455. The van der Waals surface area contributed by atoms with Crippen molar-refractivity contribution in [1.29, 1.82) is 0 Å². The van der Waals surface area contributed by atoms with Crippen molar-refractivity contribution in [3.05, 3.63) is 22.0 Å². The van der Waals surface area contributed by atoms with Crippen molar-refractivity contribution in [3.8, 4) is 0 Å². The van der Waals surface area contributed by atoms with Gasteiger partial charge in [0.05, 0.1) is 6.20 Å². The summed E-state index contributed by atoms with van der Waals surface area (Å²) in [5.74, 6) is 0. The van der Waals surface area contributed by atoms with Gasteiger partial charge in [-0.05, 0) is 47.9 Å². The number of fused-ring (bicyclic) bond motifs is 1. The van der Waals surface area contributed by atoms with Crippen LogP contribution in [0.15, 0.2) is 18.5 Å². The normalized spacial score (nSPS) is 21.4. The van der Waals surface area contributed by atoms with E-state index in [1.807, 2.05) is 23.1 Å². The van der Waals surface area contributed by atoms with Gasteiger partial charge in [0.1, 0.15) is 17.3 Å². The molecule has 3 heterocycles. The third kappa shape index (κ3) is 1.93. The maximum absolute atomic E-state index is 5.69. The number of nitrogens with zero attached hydrogens (tertiary/aromatic N) is 3. The Bertz CT molecular complexity index is 505. The molecule has 4 nitrogen and oxygen atoms in total. The molecule has 2 aromatic heterocycles. The number of halogens is 1. The van der Waals surface area contributed by atoms with Crippen molar-refractivity contribution in [2.45, 2.75) is 25.5 Å². The Morgan fingerprint density at radius 1 is 1.38 bits per heavy atom. The molecule has 1 atom stereocenters. The van der Waals surface area contributed by atoms with Crippen molar-refractivity contribution >= 4 is 33.6 Å². The fourth-order valence-electron chi connectivity index (χ4n) is 1.98. The number of hydrogen-bond donors (Lipinski definition) is 0. The van der Waals surface area contributed by atoms with Crippen LogP contribution in [0.25, 0.3) is 11.0 Å². The Hall–Kier alpha value is -0.690. The molecule has 2 aromatic rings. The Kier molecular flexibility index (Phi) is 2.81. The highest BCUT2D eigenvalue weighted by molar-refractivity contribution is 14.1. The van der Waals surface area contributed by atoms with E-state index in [2.05, 4.69) is 32.7 Å². The molecule has 16 heavy (non-hydrogen) atoms. The first kappa shape index (κ1) is 10.5. The Balaban J connectivity index is 1.97. The number of rotatable bonds is 1. The number of pyridine rings is 1. The highest BCUT2D eigenvalue weighted by atomic mass is 127. The molecule has 1 unspecified atom stereocenters. The van der Waals surface area contributed by atoms with Crippen LogP contribution in [-0.2, 0) is 4.74 Å². The van der Waals surface area contributed by atoms with Crippen LogP contribution < -0.4 is 0 Å². The molecular formula is C11H12IN3O. The molecule has 0 spiro atoms. The van der Waals surface area contributed by atoms with Gasteiger partial charge in [0.25, 0.3) is 0 Å². The Morgan fingerprint density at radius 2 is 2.31 bits per heavy atom. The molecule has 1 fully saturated rings. The highest BCUT2D eigenvalue weighted by Crippen LogP contribution is 2.23. The second-order valence-electron chi connectivity index (χ2n) is 3.99. The largest absolute Gasteiger partial charge is 0.357 e. The van der Waals surface area contributed by atoms with Gasteiger partial charge in [-0.2, -0.15) is 5.10 Å². The summed E-state index contributed by atoms with van der Waals surface area (Å²) in [5.41, 5.74) is 1.88. The molecule has 0 radical (unpaired) electrons. The van der Waals surface area contributed by atoms with Crippen molar-refractivity contribution in [1.82, 2.24) is 14.8 Å². The molecule has 0 aliphatic carbocycles. The minimum Gasteiger partial charge on any atom is -0.357 e. The van der Waals surface area contributed by atoms with Gasteiger partial charge >= 0.3 is 0 Å². The van der Waals surface area contributed by atoms with E-state index in [4.69, 9.17) is 4.74 Å². The smallest absolute Gasteiger partial charge is 0.150 e. The highest BCUT2D eigenvalue weighted by Gasteiger charge is 2.17. The van der Waals surface area contributed by atoms with E-state index >= 15 is 0 Å². The molecule has 1 aliphatic heterocycles. The van der Waals surface area contributed by atoms with Crippen molar-refractivity contribution in [2.24, 2.45) is 0 Å². The lowest BCUT2D eigenvalue weighted by Crippen LogP contribution is -2.18. The maximum Gasteiger partial charge on any atom is 0.150 e. The van der Waals surface area contributed by atoms with E-state index in [9.17, 15) is 0 Å². The molecule has 0 aromatic carbocycles. The standard InChI is InChI=1S/C11H12IN3O/c12-8-5-9-10(13-6-8)7-15(14-9)11-3-1-2-4-16-11/h5-7,11H,1-4H2. The van der Waals surface area contributed by atoms with E-state index in [0.29, 0.717) is 0 Å². The van der Waals surface area contributed by atoms with Crippen LogP contribution in [0.4, 0.5) is 0 Å². The van der Waals surface area contributed by atoms with Gasteiger partial charge in [-0.3, -0.25) is 4.98 Å². The summed E-state index contributed by atoms with van der Waals surface area (Å²) in [7, 11) is 0. The van der Waals surface area contributed by atoms with E-state index in [1.54, 1.807) is 0 Å². The maximum atomic E-state index is 5.69. The molecule has 0 N–H and O–H groups in total. The van der Waals surface area contributed by atoms with Gasteiger partial charge in [0.2, 0.25) is 0 Å². The summed E-state index contributed by atoms with van der Waals surface area (Å²) in [6.45, 7) is 0.839. The van der Waals surface area contributed by atoms with Gasteiger partial charge in [0.15, 0.2) is 0 Å². The predicted molar refractivity (Wildman–Crippen MR) is 69.1 cm³/mol. The lowest BCUT2D eigenvalue weighted by atomic mass is 10.2. The molecule has 3 rings (SSSR count).